The zero-order chi connectivity index (χ0) is 8.65. The van der Waals surface area contributed by atoms with Crippen LogP contribution in [0, 0.1) is 0 Å². The van der Waals surface area contributed by atoms with E-state index in [-0.39, 0.29) is 6.61 Å². The van der Waals surface area contributed by atoms with E-state index in [1.807, 2.05) is 0 Å². The van der Waals surface area contributed by atoms with Crippen LogP contribution in [0.3, 0.4) is 0 Å². The van der Waals surface area contributed by atoms with Crippen LogP contribution in [0.25, 0.3) is 0 Å². The van der Waals surface area contributed by atoms with Crippen molar-refractivity contribution in [1.82, 2.24) is 0 Å². The van der Waals surface area contributed by atoms with Gasteiger partial charge in [0.05, 0.1) is 6.61 Å². The van der Waals surface area contributed by atoms with Crippen LogP contribution < -0.4 is 0 Å². The molecule has 0 amide bonds. The van der Waals surface area contributed by atoms with Gasteiger partial charge in [-0.3, -0.25) is 0 Å². The van der Waals surface area contributed by atoms with E-state index in [2.05, 4.69) is 4.74 Å². The highest BCUT2D eigenvalue weighted by atomic mass is 16.7. The molecule has 0 unspecified atom stereocenters. The Morgan fingerprint density at radius 3 is 2.18 bits per heavy atom. The fourth-order valence-electron chi connectivity index (χ4n) is 0.833. The van der Waals surface area contributed by atoms with Crippen molar-refractivity contribution in [3.8, 4) is 0 Å². The molecule has 6 heteroatoms. The molecule has 0 bridgehead atoms. The fourth-order valence-corrected chi connectivity index (χ4v) is 0.833. The summed E-state index contributed by atoms with van der Waals surface area (Å²) in [5.41, 5.74) is 0. The Hall–Kier alpha value is -0.240. The van der Waals surface area contributed by atoms with Gasteiger partial charge in [-0.15, -0.1) is 0 Å². The highest BCUT2D eigenvalue weighted by molar-refractivity contribution is 4.87. The lowest BCUT2D eigenvalue weighted by Gasteiger charge is -2.38. The molecule has 1 aliphatic rings. The summed E-state index contributed by atoms with van der Waals surface area (Å²) in [6, 6.07) is 0. The zero-order valence-electron chi connectivity index (χ0n) is 5.58. The molecule has 66 valence electrons. The van der Waals surface area contributed by atoms with Crippen LogP contribution in [0.5, 0.6) is 0 Å². The third kappa shape index (κ3) is 1.36. The number of rotatable bonds is 0. The van der Waals surface area contributed by atoms with Crippen LogP contribution in [-0.2, 0) is 4.74 Å². The zero-order valence-corrected chi connectivity index (χ0v) is 5.58. The molecule has 6 nitrogen and oxygen atoms in total. The van der Waals surface area contributed by atoms with E-state index in [4.69, 9.17) is 25.5 Å². The Morgan fingerprint density at radius 2 is 1.73 bits per heavy atom. The van der Waals surface area contributed by atoms with Gasteiger partial charge in [-0.25, -0.2) is 0 Å². The molecule has 0 aliphatic carbocycles. The molecule has 5 N–H and O–H groups in total. The van der Waals surface area contributed by atoms with E-state index in [1.165, 1.54) is 0 Å². The first-order valence-electron chi connectivity index (χ1n) is 3.07. The molecule has 0 spiro atoms. The molecule has 1 rings (SSSR count). The van der Waals surface area contributed by atoms with Crippen molar-refractivity contribution in [3.05, 3.63) is 0 Å². The van der Waals surface area contributed by atoms with Gasteiger partial charge >= 0.3 is 0 Å². The Balaban J connectivity index is 2.72. The van der Waals surface area contributed by atoms with Crippen LogP contribution in [0.4, 0.5) is 0 Å². The Kier molecular flexibility index (Phi) is 2.15. The maximum absolute atomic E-state index is 8.89. The highest BCUT2D eigenvalue weighted by Gasteiger charge is 2.49. The lowest BCUT2D eigenvalue weighted by Crippen LogP contribution is -2.62. The Labute approximate surface area is 62.3 Å². The van der Waals surface area contributed by atoms with Gasteiger partial charge in [-0.2, -0.15) is 0 Å². The SMILES string of the molecule is O[C@@H]1CO[C@@H](O)C(O)(O)[C@@H]1O. The molecule has 1 saturated heterocycles. The molecule has 0 aromatic rings. The molecule has 1 aliphatic heterocycles. The maximum atomic E-state index is 8.89. The summed E-state index contributed by atoms with van der Waals surface area (Å²) < 4.78 is 4.32. The van der Waals surface area contributed by atoms with E-state index in [9.17, 15) is 0 Å². The number of ether oxygens (including phenoxy) is 1. The summed E-state index contributed by atoms with van der Waals surface area (Å²) in [5, 5.41) is 44.1. The van der Waals surface area contributed by atoms with Crippen molar-refractivity contribution >= 4 is 0 Å². The van der Waals surface area contributed by atoms with Crippen molar-refractivity contribution in [2.45, 2.75) is 24.3 Å². The summed E-state index contributed by atoms with van der Waals surface area (Å²) in [5.74, 6) is -2.79. The van der Waals surface area contributed by atoms with Crippen LogP contribution in [0.2, 0.25) is 0 Å². The van der Waals surface area contributed by atoms with Gasteiger partial charge in [0.2, 0.25) is 12.1 Å². The number of aliphatic hydroxyl groups is 5. The van der Waals surface area contributed by atoms with Gasteiger partial charge in [0, 0.05) is 0 Å². The van der Waals surface area contributed by atoms with Crippen molar-refractivity contribution in [2.24, 2.45) is 0 Å². The van der Waals surface area contributed by atoms with Crippen LogP contribution in [0.1, 0.15) is 0 Å². The van der Waals surface area contributed by atoms with Gasteiger partial charge in [0.1, 0.15) is 12.2 Å². The quantitative estimate of drug-likeness (QED) is 0.242. The fraction of sp³-hybridized carbons (Fsp3) is 1.00. The minimum Gasteiger partial charge on any atom is -0.388 e. The molecule has 1 fully saturated rings. The van der Waals surface area contributed by atoms with Crippen molar-refractivity contribution in [2.75, 3.05) is 6.61 Å². The molecule has 1 heterocycles. The molecule has 0 aromatic carbocycles. The summed E-state index contributed by atoms with van der Waals surface area (Å²) >= 11 is 0. The smallest absolute Gasteiger partial charge is 0.245 e. The minimum absolute atomic E-state index is 0.328. The average molecular weight is 166 g/mol. The van der Waals surface area contributed by atoms with E-state index < -0.39 is 24.3 Å². The molecule has 0 saturated carbocycles. The minimum atomic E-state index is -2.79. The Morgan fingerprint density at radius 1 is 1.18 bits per heavy atom. The summed E-state index contributed by atoms with van der Waals surface area (Å²) in [6.45, 7) is -0.328. The van der Waals surface area contributed by atoms with Gasteiger partial charge in [0.25, 0.3) is 0 Å². The standard InChI is InChI=1S/C5H10O6/c6-2-1-11-4(8)5(9,10)3(2)7/h2-4,6-10H,1H2/t2-,3-,4-/m1/s1. The number of aliphatic hydroxyl groups excluding tert-OH is 3. The molecule has 0 aromatic heterocycles. The summed E-state index contributed by atoms with van der Waals surface area (Å²) in [7, 11) is 0. The second-order valence-electron chi connectivity index (χ2n) is 2.48. The van der Waals surface area contributed by atoms with Gasteiger partial charge in [0.15, 0.2) is 0 Å². The molecule has 0 radical (unpaired) electrons. The molecule has 11 heavy (non-hydrogen) atoms. The number of hydrogen-bond acceptors (Lipinski definition) is 6. The van der Waals surface area contributed by atoms with E-state index in [0.29, 0.717) is 0 Å². The third-order valence-corrected chi connectivity index (χ3v) is 1.59. The first-order valence-corrected chi connectivity index (χ1v) is 3.07. The van der Waals surface area contributed by atoms with Crippen LogP contribution in [-0.4, -0.2) is 56.4 Å². The van der Waals surface area contributed by atoms with Crippen molar-refractivity contribution < 1.29 is 30.3 Å². The second kappa shape index (κ2) is 2.67. The van der Waals surface area contributed by atoms with Crippen molar-refractivity contribution in [1.29, 1.82) is 0 Å². The second-order valence-corrected chi connectivity index (χ2v) is 2.48. The topological polar surface area (TPSA) is 110 Å². The first-order chi connectivity index (χ1) is 4.96. The van der Waals surface area contributed by atoms with Gasteiger partial charge in [-0.05, 0) is 0 Å². The van der Waals surface area contributed by atoms with Crippen LogP contribution >= 0.6 is 0 Å². The van der Waals surface area contributed by atoms with E-state index in [0.717, 1.165) is 0 Å². The Bertz CT molecular complexity index is 146. The largest absolute Gasteiger partial charge is 0.388 e. The van der Waals surface area contributed by atoms with E-state index >= 15 is 0 Å². The average Bonchev–Trinajstić information content (AvgIpc) is 1.95. The molecular weight excluding hydrogens is 156 g/mol. The highest BCUT2D eigenvalue weighted by Crippen LogP contribution is 2.21. The normalized spacial score (nSPS) is 43.9. The van der Waals surface area contributed by atoms with Crippen LogP contribution in [0.15, 0.2) is 0 Å². The van der Waals surface area contributed by atoms with Gasteiger partial charge in [-0.1, -0.05) is 0 Å². The molecular formula is C5H10O6. The van der Waals surface area contributed by atoms with Crippen molar-refractivity contribution in [3.63, 3.8) is 0 Å². The summed E-state index contributed by atoms with van der Waals surface area (Å²) in [6.07, 6.45) is -5.10. The lowest BCUT2D eigenvalue weighted by molar-refractivity contribution is -0.378. The third-order valence-electron chi connectivity index (χ3n) is 1.59. The lowest BCUT2D eigenvalue weighted by atomic mass is 10.0. The number of hydrogen-bond donors (Lipinski definition) is 5. The maximum Gasteiger partial charge on any atom is 0.245 e. The monoisotopic (exact) mass is 166 g/mol. The van der Waals surface area contributed by atoms with Gasteiger partial charge < -0.3 is 30.3 Å². The summed E-state index contributed by atoms with van der Waals surface area (Å²) in [4.78, 5) is 0. The van der Waals surface area contributed by atoms with E-state index in [1.54, 1.807) is 0 Å². The predicted octanol–water partition coefficient (Wildman–Crippen LogP) is -3.26. The predicted molar refractivity (Wildman–Crippen MR) is 31.1 cm³/mol. The molecule has 3 atom stereocenters. The first kappa shape index (κ1) is 8.85.